The van der Waals surface area contributed by atoms with Crippen molar-refractivity contribution < 1.29 is 4.74 Å². The van der Waals surface area contributed by atoms with E-state index in [0.29, 0.717) is 5.92 Å². The van der Waals surface area contributed by atoms with Crippen LogP contribution in [0.5, 0.6) is 0 Å². The second-order valence-electron chi connectivity index (χ2n) is 6.71. The number of rotatable bonds is 8. The van der Waals surface area contributed by atoms with Crippen LogP contribution in [-0.2, 0) is 10.2 Å². The predicted molar refractivity (Wildman–Crippen MR) is 89.0 cm³/mol. The molecule has 5 nitrogen and oxygen atoms in total. The van der Waals surface area contributed by atoms with Crippen LogP contribution in [0.1, 0.15) is 46.9 Å². The van der Waals surface area contributed by atoms with E-state index in [4.69, 9.17) is 4.74 Å². The third-order valence-corrected chi connectivity index (χ3v) is 2.88. The smallest absolute Gasteiger partial charge is 0.138 e. The summed E-state index contributed by atoms with van der Waals surface area (Å²) < 4.78 is 5.57. The van der Waals surface area contributed by atoms with Crippen molar-refractivity contribution in [3.63, 3.8) is 0 Å². The monoisotopic (exact) mass is 294 g/mol. The first kappa shape index (κ1) is 17.7. The van der Waals surface area contributed by atoms with Crippen LogP contribution in [0.2, 0.25) is 0 Å². The number of ether oxygens (including phenoxy) is 1. The van der Waals surface area contributed by atoms with E-state index in [2.05, 4.69) is 55.2 Å². The van der Waals surface area contributed by atoms with Crippen LogP contribution in [0.15, 0.2) is 6.07 Å². The molecule has 0 radical (unpaired) electrons. The molecule has 0 bridgehead atoms. The van der Waals surface area contributed by atoms with Gasteiger partial charge in [0.05, 0.1) is 0 Å². The molecule has 0 unspecified atom stereocenters. The van der Waals surface area contributed by atoms with Gasteiger partial charge in [-0.2, -0.15) is 0 Å². The van der Waals surface area contributed by atoms with Gasteiger partial charge in [0.2, 0.25) is 0 Å². The molecule has 0 aliphatic rings. The Labute approximate surface area is 128 Å². The molecule has 1 aromatic heterocycles. The average molecular weight is 294 g/mol. The molecule has 0 saturated carbocycles. The molecule has 0 spiro atoms. The van der Waals surface area contributed by atoms with Gasteiger partial charge in [0.25, 0.3) is 0 Å². The van der Waals surface area contributed by atoms with E-state index < -0.39 is 0 Å². The van der Waals surface area contributed by atoms with Crippen molar-refractivity contribution >= 4 is 11.6 Å². The van der Waals surface area contributed by atoms with E-state index in [1.807, 2.05) is 13.1 Å². The van der Waals surface area contributed by atoms with Crippen LogP contribution in [0.3, 0.4) is 0 Å². The predicted octanol–water partition coefficient (Wildman–Crippen LogP) is 3.29. The molecule has 0 amide bonds. The summed E-state index contributed by atoms with van der Waals surface area (Å²) in [6.45, 7) is 13.1. The Bertz CT molecular complexity index is 427. The van der Waals surface area contributed by atoms with E-state index in [9.17, 15) is 0 Å². The van der Waals surface area contributed by atoms with Gasteiger partial charge in [0.15, 0.2) is 0 Å². The Kier molecular flexibility index (Phi) is 6.89. The van der Waals surface area contributed by atoms with Crippen molar-refractivity contribution in [1.82, 2.24) is 9.97 Å². The first-order valence-corrected chi connectivity index (χ1v) is 7.72. The van der Waals surface area contributed by atoms with Crippen LogP contribution < -0.4 is 10.6 Å². The lowest BCUT2D eigenvalue weighted by atomic mass is 9.96. The Balaban J connectivity index is 2.51. The van der Waals surface area contributed by atoms with Gasteiger partial charge in [-0.1, -0.05) is 34.6 Å². The summed E-state index contributed by atoms with van der Waals surface area (Å²) in [5, 5.41) is 6.44. The number of anilines is 2. The number of nitrogens with zero attached hydrogens (tertiary/aromatic N) is 2. The van der Waals surface area contributed by atoms with Gasteiger partial charge in [-0.15, -0.1) is 0 Å². The van der Waals surface area contributed by atoms with Crippen molar-refractivity contribution in [2.45, 2.75) is 46.5 Å². The molecule has 2 N–H and O–H groups in total. The summed E-state index contributed by atoms with van der Waals surface area (Å²) in [5.41, 5.74) is -0.0658. The van der Waals surface area contributed by atoms with E-state index >= 15 is 0 Å². The number of hydrogen-bond acceptors (Lipinski definition) is 5. The summed E-state index contributed by atoms with van der Waals surface area (Å²) in [4.78, 5) is 9.11. The van der Waals surface area contributed by atoms with Crippen LogP contribution in [0, 0.1) is 5.92 Å². The second-order valence-corrected chi connectivity index (χ2v) is 6.71. The van der Waals surface area contributed by atoms with E-state index in [1.165, 1.54) is 0 Å². The van der Waals surface area contributed by atoms with E-state index in [1.54, 1.807) is 0 Å². The normalized spacial score (nSPS) is 11.8. The van der Waals surface area contributed by atoms with Gasteiger partial charge in [0.1, 0.15) is 17.5 Å². The SMILES string of the molecule is CNc1cc(NCCCOCC(C)C)nc(C(C)(C)C)n1. The Hall–Kier alpha value is -1.36. The highest BCUT2D eigenvalue weighted by molar-refractivity contribution is 5.47. The molecular weight excluding hydrogens is 264 g/mol. The molecule has 1 aromatic rings. The molecule has 0 aliphatic heterocycles. The third kappa shape index (κ3) is 6.76. The Morgan fingerprint density at radius 2 is 1.86 bits per heavy atom. The summed E-state index contributed by atoms with van der Waals surface area (Å²) in [7, 11) is 1.87. The van der Waals surface area contributed by atoms with E-state index in [-0.39, 0.29) is 5.41 Å². The van der Waals surface area contributed by atoms with Crippen molar-refractivity contribution in [3.05, 3.63) is 11.9 Å². The molecular formula is C16H30N4O. The summed E-state index contributed by atoms with van der Waals surface area (Å²) in [5.74, 6) is 3.14. The Morgan fingerprint density at radius 3 is 2.43 bits per heavy atom. The lowest BCUT2D eigenvalue weighted by molar-refractivity contribution is 0.110. The van der Waals surface area contributed by atoms with Gasteiger partial charge in [-0.05, 0) is 12.3 Å². The summed E-state index contributed by atoms with van der Waals surface area (Å²) in [6, 6.07) is 1.93. The molecule has 21 heavy (non-hydrogen) atoms. The van der Waals surface area contributed by atoms with Gasteiger partial charge in [-0.3, -0.25) is 0 Å². The minimum absolute atomic E-state index is 0.0658. The Morgan fingerprint density at radius 1 is 1.19 bits per heavy atom. The third-order valence-electron chi connectivity index (χ3n) is 2.88. The molecule has 120 valence electrons. The number of aromatic nitrogens is 2. The molecule has 1 rings (SSSR count). The number of nitrogens with one attached hydrogen (secondary N) is 2. The highest BCUT2D eigenvalue weighted by Gasteiger charge is 2.18. The summed E-state index contributed by atoms with van der Waals surface area (Å²) in [6.07, 6.45) is 0.969. The van der Waals surface area contributed by atoms with Crippen molar-refractivity contribution in [2.75, 3.05) is 37.4 Å². The minimum Gasteiger partial charge on any atom is -0.381 e. The molecule has 0 aromatic carbocycles. The highest BCUT2D eigenvalue weighted by Crippen LogP contribution is 2.22. The fraction of sp³-hybridized carbons (Fsp3) is 0.750. The lowest BCUT2D eigenvalue weighted by Gasteiger charge is -2.19. The molecule has 1 heterocycles. The molecule has 0 atom stereocenters. The van der Waals surface area contributed by atoms with Gasteiger partial charge < -0.3 is 15.4 Å². The topological polar surface area (TPSA) is 59.1 Å². The van der Waals surface area contributed by atoms with Gasteiger partial charge >= 0.3 is 0 Å². The van der Waals surface area contributed by atoms with Crippen LogP contribution in [-0.4, -0.2) is 36.8 Å². The van der Waals surface area contributed by atoms with Crippen molar-refractivity contribution in [2.24, 2.45) is 5.92 Å². The minimum atomic E-state index is -0.0658. The molecule has 0 fully saturated rings. The van der Waals surface area contributed by atoms with Crippen LogP contribution in [0.4, 0.5) is 11.6 Å². The zero-order valence-corrected chi connectivity index (χ0v) is 14.3. The quantitative estimate of drug-likeness (QED) is 0.720. The largest absolute Gasteiger partial charge is 0.381 e. The maximum atomic E-state index is 5.57. The maximum Gasteiger partial charge on any atom is 0.138 e. The fourth-order valence-electron chi connectivity index (χ4n) is 1.71. The molecule has 5 heteroatoms. The first-order valence-electron chi connectivity index (χ1n) is 7.72. The highest BCUT2D eigenvalue weighted by atomic mass is 16.5. The van der Waals surface area contributed by atoms with Crippen molar-refractivity contribution in [1.29, 1.82) is 0 Å². The molecule has 0 saturated heterocycles. The lowest BCUT2D eigenvalue weighted by Crippen LogP contribution is -2.18. The first-order chi connectivity index (χ1) is 9.82. The van der Waals surface area contributed by atoms with Crippen LogP contribution in [0.25, 0.3) is 0 Å². The maximum absolute atomic E-state index is 5.57. The van der Waals surface area contributed by atoms with E-state index in [0.717, 1.165) is 43.6 Å². The zero-order chi connectivity index (χ0) is 15.9. The summed E-state index contributed by atoms with van der Waals surface area (Å²) >= 11 is 0. The second kappa shape index (κ2) is 8.17. The van der Waals surface area contributed by atoms with Gasteiger partial charge in [-0.25, -0.2) is 9.97 Å². The zero-order valence-electron chi connectivity index (χ0n) is 14.3. The molecule has 0 aliphatic carbocycles. The van der Waals surface area contributed by atoms with Crippen molar-refractivity contribution in [3.8, 4) is 0 Å². The standard InChI is InChI=1S/C16H30N4O/c1-12(2)11-21-9-7-8-18-14-10-13(17-6)19-15(20-14)16(3,4)5/h10,12H,7-9,11H2,1-6H3,(H2,17,18,19,20). The van der Waals surface area contributed by atoms with Gasteiger partial charge in [0, 0.05) is 38.3 Å². The van der Waals surface area contributed by atoms with Crippen LogP contribution >= 0.6 is 0 Å². The number of hydrogen-bond donors (Lipinski definition) is 2. The fourth-order valence-corrected chi connectivity index (χ4v) is 1.71. The average Bonchev–Trinajstić information content (AvgIpc) is 2.41.